The molecule has 0 radical (unpaired) electrons. The quantitative estimate of drug-likeness (QED) is 0.454. The molecule has 0 aromatic carbocycles. The number of rotatable bonds is 1. The Balaban J connectivity index is 3.08. The molecule has 0 bridgehead atoms. The zero-order chi connectivity index (χ0) is 10.9. The lowest BCUT2D eigenvalue weighted by Gasteiger charge is -2.32. The molecule has 2 atom stereocenters. The van der Waals surface area contributed by atoms with Gasteiger partial charge in [-0.15, -0.1) is 0 Å². The minimum atomic E-state index is -0.764. The van der Waals surface area contributed by atoms with E-state index in [2.05, 4.69) is 6.58 Å². The number of imide groups is 1. The highest BCUT2D eigenvalue weighted by Crippen LogP contribution is 2.28. The van der Waals surface area contributed by atoms with Crippen molar-refractivity contribution in [3.05, 3.63) is 12.2 Å². The van der Waals surface area contributed by atoms with Crippen LogP contribution in [0.3, 0.4) is 0 Å². The van der Waals surface area contributed by atoms with Crippen molar-refractivity contribution in [2.24, 2.45) is 11.8 Å². The number of amides is 2. The minimum Gasteiger partial charge on any atom is -0.278 e. The molecule has 4 heteroatoms. The van der Waals surface area contributed by atoms with Crippen molar-refractivity contribution in [2.45, 2.75) is 13.8 Å². The average Bonchev–Trinajstić information content (AvgIpc) is 2.16. The normalized spacial score (nSPS) is 27.8. The molecular weight excluding hydrogens is 180 g/mol. The van der Waals surface area contributed by atoms with Crippen molar-refractivity contribution < 1.29 is 9.59 Å². The summed E-state index contributed by atoms with van der Waals surface area (Å²) in [6.45, 7) is 7.29. The van der Waals surface area contributed by atoms with E-state index < -0.39 is 11.8 Å². The number of likely N-dealkylation sites (N-methyl/N-ethyl adjacent to an activating group) is 1. The van der Waals surface area contributed by atoms with Gasteiger partial charge in [-0.05, 0) is 6.92 Å². The summed E-state index contributed by atoms with van der Waals surface area (Å²) in [4.78, 5) is 24.2. The summed E-state index contributed by atoms with van der Waals surface area (Å²) >= 11 is 0. The predicted octanol–water partition coefficient (Wildman–Crippen LogP) is 0.707. The fraction of sp³-hybridized carbons (Fsp3) is 0.500. The molecule has 1 rings (SSSR count). The van der Waals surface area contributed by atoms with Crippen molar-refractivity contribution >= 4 is 11.8 Å². The maximum Gasteiger partial charge on any atom is 0.256 e. The van der Waals surface area contributed by atoms with Gasteiger partial charge in [-0.3, -0.25) is 14.5 Å². The van der Waals surface area contributed by atoms with Gasteiger partial charge in [-0.25, -0.2) is 0 Å². The zero-order valence-electron chi connectivity index (χ0n) is 8.28. The number of hydrogen-bond donors (Lipinski definition) is 0. The summed E-state index contributed by atoms with van der Waals surface area (Å²) < 4.78 is 0. The lowest BCUT2D eigenvalue weighted by atomic mass is 9.83. The second kappa shape index (κ2) is 3.62. The molecule has 1 aliphatic rings. The Hall–Kier alpha value is -1.63. The molecule has 14 heavy (non-hydrogen) atoms. The number of piperidine rings is 1. The second-order valence-electron chi connectivity index (χ2n) is 3.31. The van der Waals surface area contributed by atoms with Crippen molar-refractivity contribution in [3.63, 3.8) is 0 Å². The fourth-order valence-electron chi connectivity index (χ4n) is 1.52. The first-order chi connectivity index (χ1) is 6.54. The average molecular weight is 192 g/mol. The molecule has 1 aliphatic heterocycles. The molecule has 1 saturated heterocycles. The van der Waals surface area contributed by atoms with E-state index in [0.717, 1.165) is 4.90 Å². The Morgan fingerprint density at radius 2 is 2.14 bits per heavy atom. The third-order valence-electron chi connectivity index (χ3n) is 2.56. The molecule has 0 spiro atoms. The molecular formula is C10H12N2O2. The van der Waals surface area contributed by atoms with Gasteiger partial charge in [0.2, 0.25) is 5.91 Å². The highest BCUT2D eigenvalue weighted by molar-refractivity contribution is 6.08. The first-order valence-electron chi connectivity index (χ1n) is 4.48. The number of carbonyl (C=O) groups is 2. The molecule has 1 heterocycles. The minimum absolute atomic E-state index is 0.293. The maximum atomic E-state index is 11.6. The van der Waals surface area contributed by atoms with Crippen LogP contribution in [0.5, 0.6) is 0 Å². The van der Waals surface area contributed by atoms with E-state index in [9.17, 15) is 9.59 Å². The highest BCUT2D eigenvalue weighted by Gasteiger charge is 2.41. The lowest BCUT2D eigenvalue weighted by Crippen LogP contribution is -2.49. The number of nitrogens with zero attached hydrogens (tertiary/aromatic N) is 2. The third-order valence-corrected chi connectivity index (χ3v) is 2.56. The van der Waals surface area contributed by atoms with Gasteiger partial charge in [-0.2, -0.15) is 5.26 Å². The highest BCUT2D eigenvalue weighted by atomic mass is 16.2. The van der Waals surface area contributed by atoms with Crippen molar-refractivity contribution in [1.29, 1.82) is 5.26 Å². The van der Waals surface area contributed by atoms with Crippen LogP contribution in [0, 0.1) is 23.2 Å². The van der Waals surface area contributed by atoms with Gasteiger partial charge in [0.15, 0.2) is 0 Å². The maximum absolute atomic E-state index is 11.6. The Bertz CT molecular complexity index is 341. The second-order valence-corrected chi connectivity index (χ2v) is 3.31. The standard InChI is InChI=1S/C10H12N2O2/c1-4-12-9(13)7(3)6(2)8(5-11)10(12)14/h6,8H,3-4H2,1-2H3. The molecule has 74 valence electrons. The van der Waals surface area contributed by atoms with E-state index in [-0.39, 0.29) is 11.8 Å². The molecule has 1 fully saturated rings. The van der Waals surface area contributed by atoms with Crippen LogP contribution in [0.15, 0.2) is 12.2 Å². The molecule has 0 N–H and O–H groups in total. The van der Waals surface area contributed by atoms with Crippen LogP contribution in [-0.2, 0) is 9.59 Å². The van der Waals surface area contributed by atoms with E-state index >= 15 is 0 Å². The molecule has 2 unspecified atom stereocenters. The van der Waals surface area contributed by atoms with Gasteiger partial charge in [0.05, 0.1) is 6.07 Å². The topological polar surface area (TPSA) is 61.2 Å². The van der Waals surface area contributed by atoms with Gasteiger partial charge >= 0.3 is 0 Å². The van der Waals surface area contributed by atoms with Gasteiger partial charge in [0.1, 0.15) is 5.92 Å². The summed E-state index contributed by atoms with van der Waals surface area (Å²) in [6, 6.07) is 1.91. The Labute approximate surface area is 82.8 Å². The summed E-state index contributed by atoms with van der Waals surface area (Å²) in [5.41, 5.74) is 0.345. The SMILES string of the molecule is C=C1C(=O)N(CC)C(=O)C(C#N)C1C. The number of nitriles is 1. The van der Waals surface area contributed by atoms with Crippen LogP contribution >= 0.6 is 0 Å². The van der Waals surface area contributed by atoms with Crippen LogP contribution in [0.25, 0.3) is 0 Å². The van der Waals surface area contributed by atoms with Gasteiger partial charge in [0.25, 0.3) is 5.91 Å². The Morgan fingerprint density at radius 1 is 1.57 bits per heavy atom. The monoisotopic (exact) mass is 192 g/mol. The summed E-state index contributed by atoms with van der Waals surface area (Å²) in [6.07, 6.45) is 0. The molecule has 4 nitrogen and oxygen atoms in total. The van der Waals surface area contributed by atoms with Crippen LogP contribution in [0.1, 0.15) is 13.8 Å². The fourth-order valence-corrected chi connectivity index (χ4v) is 1.52. The number of carbonyl (C=O) groups excluding carboxylic acids is 2. The van der Waals surface area contributed by atoms with Crippen molar-refractivity contribution in [3.8, 4) is 6.07 Å². The first kappa shape index (κ1) is 10.5. The van der Waals surface area contributed by atoms with Crippen LogP contribution in [0.2, 0.25) is 0 Å². The van der Waals surface area contributed by atoms with Gasteiger partial charge < -0.3 is 0 Å². The Morgan fingerprint density at radius 3 is 2.57 bits per heavy atom. The number of hydrogen-bond acceptors (Lipinski definition) is 3. The molecule has 0 aliphatic carbocycles. The smallest absolute Gasteiger partial charge is 0.256 e. The van der Waals surface area contributed by atoms with Crippen LogP contribution in [0.4, 0.5) is 0 Å². The van der Waals surface area contributed by atoms with E-state index in [0.29, 0.717) is 12.1 Å². The first-order valence-corrected chi connectivity index (χ1v) is 4.48. The largest absolute Gasteiger partial charge is 0.278 e. The molecule has 2 amide bonds. The van der Waals surface area contributed by atoms with Gasteiger partial charge in [-0.1, -0.05) is 13.5 Å². The van der Waals surface area contributed by atoms with Crippen LogP contribution < -0.4 is 0 Å². The van der Waals surface area contributed by atoms with E-state index in [1.807, 2.05) is 6.07 Å². The predicted molar refractivity (Wildman–Crippen MR) is 49.8 cm³/mol. The third kappa shape index (κ3) is 1.31. The summed E-state index contributed by atoms with van der Waals surface area (Å²) in [5, 5.41) is 8.80. The van der Waals surface area contributed by atoms with E-state index in [1.165, 1.54) is 0 Å². The van der Waals surface area contributed by atoms with Gasteiger partial charge in [0, 0.05) is 18.0 Å². The molecule has 0 saturated carbocycles. The number of likely N-dealkylation sites (tertiary alicyclic amines) is 1. The van der Waals surface area contributed by atoms with Crippen LogP contribution in [-0.4, -0.2) is 23.3 Å². The van der Waals surface area contributed by atoms with Crippen molar-refractivity contribution in [1.82, 2.24) is 4.90 Å². The molecule has 0 aromatic rings. The van der Waals surface area contributed by atoms with E-state index in [4.69, 9.17) is 5.26 Å². The molecule has 0 aromatic heterocycles. The lowest BCUT2D eigenvalue weighted by molar-refractivity contribution is -0.147. The van der Waals surface area contributed by atoms with E-state index in [1.54, 1.807) is 13.8 Å². The summed E-state index contributed by atoms with van der Waals surface area (Å²) in [5.74, 6) is -1.89. The van der Waals surface area contributed by atoms with Crippen molar-refractivity contribution in [2.75, 3.05) is 6.54 Å². The summed E-state index contributed by atoms with van der Waals surface area (Å²) in [7, 11) is 0. The Kier molecular flexibility index (Phi) is 2.70. The zero-order valence-corrected chi connectivity index (χ0v) is 8.28.